The fourth-order valence-corrected chi connectivity index (χ4v) is 7.40. The number of hydrogen-bond donors (Lipinski definition) is 5. The second kappa shape index (κ2) is 19.8. The maximum Gasteiger partial charge on any atom is 0.277 e. The summed E-state index contributed by atoms with van der Waals surface area (Å²) in [5.41, 5.74) is 3.18. The third kappa shape index (κ3) is 11.5. The number of carbonyl (C=O) groups excluding carboxylic acids is 2. The smallest absolute Gasteiger partial charge is 0.277 e. The van der Waals surface area contributed by atoms with E-state index < -0.39 is 39.1 Å². The molecule has 0 bridgehead atoms. The third-order valence-electron chi connectivity index (χ3n) is 9.21. The monoisotopic (exact) mass is 937 g/mol. The lowest BCUT2D eigenvalue weighted by atomic mass is 10.1. The number of carbonyl (C=O) groups is 2. The van der Waals surface area contributed by atoms with E-state index in [9.17, 15) is 31.2 Å². The van der Waals surface area contributed by atoms with Gasteiger partial charge in [-0.15, -0.1) is 0 Å². The Morgan fingerprint density at radius 1 is 0.897 bits per heavy atom. The largest absolute Gasteiger partial charge is 0.379 e. The number of ether oxygens (including phenoxy) is 1. The molecule has 2 heterocycles. The summed E-state index contributed by atoms with van der Waals surface area (Å²) in [6.45, 7) is 4.31. The second-order valence-electron chi connectivity index (χ2n) is 13.4. The summed E-state index contributed by atoms with van der Waals surface area (Å²) in [4.78, 5) is 42.1. The standard InChI is InChI=1S/C38H43F3IN9O6S/c1-2-58(54,55)51-17-15-50(16-18-51)27-9-7-26(8-10-27)46-38-44-23-29(35(48-38)45-25-5-6-25)36(52)43-14-3-19-56-20-21-57-49-37(53)28-11-12-30(39)33(41)34(28)47-32-13-4-24(42)22-31(32)40/h4,7-13,22-23,25,47H,2-3,5-6,14-21H2,1H3,(H,43,52)(H,49,53)(H2,44,45,46,48). The summed E-state index contributed by atoms with van der Waals surface area (Å²) in [5.74, 6) is -3.70. The van der Waals surface area contributed by atoms with Crippen molar-refractivity contribution in [2.75, 3.05) is 79.1 Å². The topological polar surface area (TPSA) is 179 Å². The number of piperazine rings is 1. The molecule has 2 aliphatic rings. The number of hydrogen-bond acceptors (Lipinski definition) is 12. The number of amides is 2. The van der Waals surface area contributed by atoms with Gasteiger partial charge in [-0.2, -0.15) is 9.29 Å². The number of halogens is 4. The number of benzene rings is 3. The van der Waals surface area contributed by atoms with Gasteiger partial charge in [-0.3, -0.25) is 14.4 Å². The van der Waals surface area contributed by atoms with Gasteiger partial charge < -0.3 is 30.9 Å². The molecule has 1 aromatic heterocycles. The van der Waals surface area contributed by atoms with Crippen LogP contribution in [-0.2, 0) is 19.6 Å². The Balaban J connectivity index is 0.914. The van der Waals surface area contributed by atoms with Gasteiger partial charge in [-0.1, -0.05) is 0 Å². The van der Waals surface area contributed by atoms with E-state index in [4.69, 9.17) is 9.57 Å². The van der Waals surface area contributed by atoms with Gasteiger partial charge in [0.1, 0.15) is 17.2 Å². The van der Waals surface area contributed by atoms with Crippen molar-refractivity contribution >= 4 is 78.9 Å². The SMILES string of the molecule is CCS(=O)(=O)N1CCN(c2ccc(Nc3ncc(C(=O)NCCCOCCONC(=O)c4ccc(F)c(F)c4Nc4ccc(I)cc4F)c(NC4CC4)n3)cc2)CC1. The van der Waals surface area contributed by atoms with Crippen LogP contribution in [0.5, 0.6) is 0 Å². The van der Waals surface area contributed by atoms with Crippen LogP contribution in [0.1, 0.15) is 46.9 Å². The highest BCUT2D eigenvalue weighted by Crippen LogP contribution is 2.30. The molecule has 5 N–H and O–H groups in total. The molecule has 1 saturated heterocycles. The minimum absolute atomic E-state index is 0.0704. The average Bonchev–Trinajstić information content (AvgIpc) is 4.04. The molecule has 1 saturated carbocycles. The predicted octanol–water partition coefficient (Wildman–Crippen LogP) is 5.53. The van der Waals surface area contributed by atoms with E-state index >= 15 is 0 Å². The summed E-state index contributed by atoms with van der Waals surface area (Å²) in [6.07, 6.45) is 3.87. The molecule has 4 aromatic rings. The van der Waals surface area contributed by atoms with Crippen molar-refractivity contribution in [3.8, 4) is 0 Å². The lowest BCUT2D eigenvalue weighted by Crippen LogP contribution is -2.49. The molecule has 1 aliphatic carbocycles. The van der Waals surface area contributed by atoms with Crippen molar-refractivity contribution in [2.45, 2.75) is 32.2 Å². The van der Waals surface area contributed by atoms with Crippen molar-refractivity contribution in [2.24, 2.45) is 0 Å². The number of nitrogens with one attached hydrogen (secondary N) is 5. The van der Waals surface area contributed by atoms with Gasteiger partial charge in [-0.05, 0) is 103 Å². The normalized spacial score (nSPS) is 14.5. The van der Waals surface area contributed by atoms with Crippen LogP contribution < -0.4 is 31.6 Å². The zero-order chi connectivity index (χ0) is 41.2. The number of anilines is 6. The first-order valence-electron chi connectivity index (χ1n) is 18.6. The van der Waals surface area contributed by atoms with Crippen molar-refractivity contribution in [1.29, 1.82) is 0 Å². The van der Waals surface area contributed by atoms with Gasteiger partial charge >= 0.3 is 0 Å². The highest BCUT2D eigenvalue weighted by atomic mass is 127. The highest BCUT2D eigenvalue weighted by molar-refractivity contribution is 14.1. The minimum atomic E-state index is -3.20. The maximum atomic E-state index is 14.7. The summed E-state index contributed by atoms with van der Waals surface area (Å²) in [7, 11) is -3.20. The average molecular weight is 938 g/mol. The van der Waals surface area contributed by atoms with E-state index in [0.717, 1.165) is 36.3 Å². The summed E-state index contributed by atoms with van der Waals surface area (Å²) in [6, 6.07) is 13.9. The van der Waals surface area contributed by atoms with Crippen LogP contribution in [0.15, 0.2) is 60.8 Å². The minimum Gasteiger partial charge on any atom is -0.379 e. The number of rotatable bonds is 19. The van der Waals surface area contributed by atoms with Gasteiger partial charge in [0.25, 0.3) is 11.8 Å². The fourth-order valence-electron chi connectivity index (χ4n) is 5.86. The van der Waals surface area contributed by atoms with E-state index in [1.807, 2.05) is 46.9 Å². The van der Waals surface area contributed by atoms with Crippen LogP contribution in [0.25, 0.3) is 0 Å². The molecule has 20 heteroatoms. The van der Waals surface area contributed by atoms with E-state index in [1.165, 1.54) is 22.6 Å². The lowest BCUT2D eigenvalue weighted by Gasteiger charge is -2.35. The summed E-state index contributed by atoms with van der Waals surface area (Å²) >= 11 is 1.91. The van der Waals surface area contributed by atoms with Gasteiger partial charge in [0.2, 0.25) is 16.0 Å². The molecule has 1 aliphatic heterocycles. The summed E-state index contributed by atoms with van der Waals surface area (Å²) in [5, 5.41) is 11.8. The lowest BCUT2D eigenvalue weighted by molar-refractivity contribution is -0.000725. The molecule has 0 spiro atoms. The Labute approximate surface area is 347 Å². The fraction of sp³-hybridized carbons (Fsp3) is 0.368. The highest BCUT2D eigenvalue weighted by Gasteiger charge is 2.27. The Morgan fingerprint density at radius 2 is 1.66 bits per heavy atom. The van der Waals surface area contributed by atoms with Gasteiger partial charge in [0, 0.05) is 66.5 Å². The molecule has 2 amide bonds. The van der Waals surface area contributed by atoms with Crippen molar-refractivity contribution in [3.05, 3.63) is 92.9 Å². The van der Waals surface area contributed by atoms with Crippen LogP contribution >= 0.6 is 22.6 Å². The Morgan fingerprint density at radius 3 is 2.36 bits per heavy atom. The maximum absolute atomic E-state index is 14.7. The van der Waals surface area contributed by atoms with Crippen molar-refractivity contribution in [1.82, 2.24) is 25.1 Å². The van der Waals surface area contributed by atoms with Crippen molar-refractivity contribution in [3.63, 3.8) is 0 Å². The Hall–Kier alpha value is -4.77. The van der Waals surface area contributed by atoms with E-state index in [0.29, 0.717) is 60.0 Å². The van der Waals surface area contributed by atoms with Crippen LogP contribution in [0.3, 0.4) is 0 Å². The third-order valence-corrected chi connectivity index (χ3v) is 11.8. The van der Waals surface area contributed by atoms with Gasteiger partial charge in [-0.25, -0.2) is 32.1 Å². The molecule has 15 nitrogen and oxygen atoms in total. The Kier molecular flexibility index (Phi) is 14.6. The van der Waals surface area contributed by atoms with Gasteiger partial charge in [0.15, 0.2) is 11.6 Å². The number of sulfonamides is 1. The molecule has 0 radical (unpaired) electrons. The predicted molar refractivity (Wildman–Crippen MR) is 222 cm³/mol. The van der Waals surface area contributed by atoms with Crippen LogP contribution in [-0.4, -0.2) is 98.8 Å². The van der Waals surface area contributed by atoms with Gasteiger partial charge in [0.05, 0.1) is 35.9 Å². The number of hydroxylamine groups is 1. The quantitative estimate of drug-likeness (QED) is 0.0452. The van der Waals surface area contributed by atoms with Crippen LogP contribution in [0.4, 0.5) is 47.7 Å². The molecule has 58 heavy (non-hydrogen) atoms. The zero-order valence-corrected chi connectivity index (χ0v) is 34.5. The number of nitrogens with zero attached hydrogens (tertiary/aromatic N) is 4. The zero-order valence-electron chi connectivity index (χ0n) is 31.5. The molecular formula is C38H43F3IN9O6S. The first-order valence-corrected chi connectivity index (χ1v) is 21.3. The first-order chi connectivity index (χ1) is 27.9. The van der Waals surface area contributed by atoms with Crippen LogP contribution in [0.2, 0.25) is 0 Å². The molecular weight excluding hydrogens is 894 g/mol. The molecule has 3 aromatic carbocycles. The molecule has 310 valence electrons. The first kappa shape index (κ1) is 42.8. The number of aromatic nitrogens is 2. The molecule has 0 unspecified atom stereocenters. The molecule has 6 rings (SSSR count). The van der Waals surface area contributed by atoms with E-state index in [-0.39, 0.29) is 48.8 Å². The van der Waals surface area contributed by atoms with Crippen LogP contribution in [0, 0.1) is 21.0 Å². The molecule has 0 atom stereocenters. The molecule has 2 fully saturated rings. The second-order valence-corrected chi connectivity index (χ2v) is 16.9. The Bertz CT molecular complexity index is 2190. The summed E-state index contributed by atoms with van der Waals surface area (Å²) < 4.78 is 75.1. The van der Waals surface area contributed by atoms with E-state index in [1.54, 1.807) is 13.0 Å². The van der Waals surface area contributed by atoms with E-state index in [2.05, 4.69) is 41.6 Å². The van der Waals surface area contributed by atoms with Crippen molar-refractivity contribution < 1.29 is 40.8 Å².